The second-order valence-corrected chi connectivity index (χ2v) is 15.0. The first-order valence-electron chi connectivity index (χ1n) is 17.7. The van der Waals surface area contributed by atoms with Crippen molar-refractivity contribution in [3.05, 3.63) is 70.8 Å². The van der Waals surface area contributed by atoms with Crippen LogP contribution in [0, 0.1) is 17.3 Å². The van der Waals surface area contributed by atoms with Crippen LogP contribution in [0.5, 0.6) is 0 Å². The van der Waals surface area contributed by atoms with Crippen LogP contribution in [0.4, 0.5) is 20.2 Å². The van der Waals surface area contributed by atoms with Gasteiger partial charge < -0.3 is 15.1 Å². The molecule has 3 aromatic rings. The van der Waals surface area contributed by atoms with Gasteiger partial charge in [-0.05, 0) is 87.4 Å². The number of anilines is 2. The second kappa shape index (κ2) is 12.3. The number of carbonyl (C=O) groups is 3. The number of aromatic nitrogens is 3. The number of fused-ring (bicyclic) bond motifs is 2. The number of nitrogens with zero attached hydrogens (tertiary/aromatic N) is 4. The first kappa shape index (κ1) is 32.0. The number of benzene rings is 1. The van der Waals surface area contributed by atoms with Crippen molar-refractivity contribution in [3.8, 4) is 0 Å². The van der Waals surface area contributed by atoms with Crippen molar-refractivity contribution >= 4 is 29.1 Å². The molecule has 2 aromatic heterocycles. The van der Waals surface area contributed by atoms with Crippen molar-refractivity contribution in [2.75, 3.05) is 42.9 Å². The van der Waals surface area contributed by atoms with E-state index in [1.165, 1.54) is 5.69 Å². The van der Waals surface area contributed by atoms with Crippen LogP contribution in [0.25, 0.3) is 0 Å². The molecule has 49 heavy (non-hydrogen) atoms. The van der Waals surface area contributed by atoms with Crippen LogP contribution in [-0.4, -0.2) is 76.4 Å². The summed E-state index contributed by atoms with van der Waals surface area (Å²) in [5, 5.41) is 12.3. The zero-order valence-electron chi connectivity index (χ0n) is 27.8. The average Bonchev–Trinajstić information content (AvgIpc) is 3.33. The van der Waals surface area contributed by atoms with Gasteiger partial charge in [-0.3, -0.25) is 29.8 Å². The molecule has 0 spiro atoms. The van der Waals surface area contributed by atoms with Gasteiger partial charge in [0, 0.05) is 72.4 Å². The molecule has 3 aliphatic heterocycles. The lowest BCUT2D eigenvalue weighted by molar-refractivity contribution is -0.134. The van der Waals surface area contributed by atoms with Crippen LogP contribution in [-0.2, 0) is 22.4 Å². The fourth-order valence-electron chi connectivity index (χ4n) is 8.79. The third-order valence-corrected chi connectivity index (χ3v) is 12.1. The van der Waals surface area contributed by atoms with Crippen LogP contribution >= 0.6 is 0 Å². The maximum Gasteiger partial charge on any atom is 0.276 e. The maximum atomic E-state index is 14.3. The van der Waals surface area contributed by atoms with Gasteiger partial charge in [-0.1, -0.05) is 19.1 Å². The van der Waals surface area contributed by atoms with Crippen molar-refractivity contribution in [1.29, 1.82) is 0 Å². The van der Waals surface area contributed by atoms with Gasteiger partial charge in [0.05, 0.1) is 17.8 Å². The van der Waals surface area contributed by atoms with Crippen molar-refractivity contribution < 1.29 is 23.2 Å². The number of imide groups is 1. The number of H-pyrrole nitrogens is 1. The molecule has 3 N–H and O–H groups in total. The SMILES string of the molecule is CC12Cc3[nH]nc(C(=O)Nc4ccc(C5CCN(CC6CCN(c7ccc(C8CCC(=O)NC8=O)cc7)CC6)CC5)nc4)c3CC1C2(F)F. The summed E-state index contributed by atoms with van der Waals surface area (Å²) < 4.78 is 28.6. The summed E-state index contributed by atoms with van der Waals surface area (Å²) in [6.07, 6.45) is 7.40. The molecule has 3 atom stereocenters. The highest BCUT2D eigenvalue weighted by molar-refractivity contribution is 6.04. The number of nitrogens with one attached hydrogen (secondary N) is 3. The van der Waals surface area contributed by atoms with Crippen molar-refractivity contribution in [1.82, 2.24) is 25.4 Å². The predicted octanol–water partition coefficient (Wildman–Crippen LogP) is 5.04. The molecule has 5 heterocycles. The van der Waals surface area contributed by atoms with E-state index in [1.54, 1.807) is 13.1 Å². The minimum absolute atomic E-state index is 0.164. The van der Waals surface area contributed by atoms with Crippen molar-refractivity contribution in [2.24, 2.45) is 17.3 Å². The smallest absolute Gasteiger partial charge is 0.276 e. The summed E-state index contributed by atoms with van der Waals surface area (Å²) in [5.74, 6) is -3.42. The van der Waals surface area contributed by atoms with Gasteiger partial charge in [0.1, 0.15) is 0 Å². The Morgan fingerprint density at radius 1 is 1.00 bits per heavy atom. The summed E-state index contributed by atoms with van der Waals surface area (Å²) >= 11 is 0. The molecule has 1 saturated carbocycles. The summed E-state index contributed by atoms with van der Waals surface area (Å²) in [7, 11) is 0. The Kier molecular flexibility index (Phi) is 8.04. The Morgan fingerprint density at radius 2 is 1.76 bits per heavy atom. The lowest BCUT2D eigenvalue weighted by atomic mass is 9.87. The van der Waals surface area contributed by atoms with Crippen molar-refractivity contribution in [2.45, 2.75) is 76.0 Å². The lowest BCUT2D eigenvalue weighted by Gasteiger charge is -2.38. The van der Waals surface area contributed by atoms with E-state index in [1.807, 2.05) is 24.3 Å². The van der Waals surface area contributed by atoms with E-state index in [0.717, 1.165) is 69.7 Å². The van der Waals surface area contributed by atoms with Gasteiger partial charge >= 0.3 is 0 Å². The largest absolute Gasteiger partial charge is 0.372 e. The van der Waals surface area contributed by atoms with E-state index >= 15 is 0 Å². The van der Waals surface area contributed by atoms with Crippen LogP contribution in [0.3, 0.4) is 0 Å². The molecule has 3 amide bonds. The van der Waals surface area contributed by atoms with Gasteiger partial charge in [0.2, 0.25) is 11.8 Å². The first-order valence-corrected chi connectivity index (χ1v) is 17.7. The van der Waals surface area contributed by atoms with Crippen LogP contribution in [0.2, 0.25) is 0 Å². The normalized spacial score (nSPS) is 27.3. The quantitative estimate of drug-likeness (QED) is 0.301. The minimum atomic E-state index is -2.70. The van der Waals surface area contributed by atoms with Gasteiger partial charge in [0.15, 0.2) is 5.69 Å². The number of hydrogen-bond donors (Lipinski definition) is 3. The Bertz CT molecular complexity index is 1740. The second-order valence-electron chi connectivity index (χ2n) is 15.0. The monoisotopic (exact) mass is 671 g/mol. The molecule has 3 saturated heterocycles. The maximum absolute atomic E-state index is 14.3. The summed E-state index contributed by atoms with van der Waals surface area (Å²) in [6.45, 7) is 6.84. The van der Waals surface area contributed by atoms with E-state index in [2.05, 4.69) is 47.7 Å². The number of halogens is 2. The Morgan fingerprint density at radius 3 is 2.45 bits per heavy atom. The molecule has 4 fully saturated rings. The number of rotatable bonds is 7. The van der Waals surface area contributed by atoms with Crippen LogP contribution < -0.4 is 15.5 Å². The number of amides is 3. The average molecular weight is 672 g/mol. The van der Waals surface area contributed by atoms with E-state index in [-0.39, 0.29) is 36.3 Å². The third-order valence-electron chi connectivity index (χ3n) is 12.1. The number of hydrogen-bond acceptors (Lipinski definition) is 7. The number of pyridine rings is 1. The highest BCUT2D eigenvalue weighted by Crippen LogP contribution is 2.70. The number of carbonyl (C=O) groups excluding carboxylic acids is 3. The number of alkyl halides is 2. The Balaban J connectivity index is 0.778. The molecule has 12 heteroatoms. The topological polar surface area (TPSA) is 123 Å². The molecule has 0 bridgehead atoms. The number of likely N-dealkylation sites (tertiary alicyclic amines) is 1. The standard InChI is InChI=1S/C37H43F2N7O3/c1-36-19-30-28(18-31(36)37(36,38)39)33(44-43-30)35(49)41-25-4-8-29(40-20-25)24-12-14-45(15-13-24)21-22-10-16-46(17-11-22)26-5-2-23(3-6-26)27-7-9-32(47)42-34(27)48/h2-6,8,20,22,24,27,31H,7,9-19,21H2,1H3,(H,41,49)(H,43,44)(H,42,47,48). The van der Waals surface area contributed by atoms with Crippen LogP contribution in [0.1, 0.15) is 90.3 Å². The first-order chi connectivity index (χ1) is 23.6. The fourth-order valence-corrected chi connectivity index (χ4v) is 8.79. The van der Waals surface area contributed by atoms with E-state index in [4.69, 9.17) is 0 Å². The molecule has 3 unspecified atom stereocenters. The molecule has 2 aliphatic carbocycles. The summed E-state index contributed by atoms with van der Waals surface area (Å²) in [6, 6.07) is 12.1. The zero-order valence-corrected chi connectivity index (χ0v) is 27.8. The number of aromatic amines is 1. The highest BCUT2D eigenvalue weighted by Gasteiger charge is 2.78. The van der Waals surface area contributed by atoms with Crippen molar-refractivity contribution in [3.63, 3.8) is 0 Å². The summed E-state index contributed by atoms with van der Waals surface area (Å²) in [5.41, 5.74) is 4.16. The van der Waals surface area contributed by atoms with Crippen LogP contribution in [0.15, 0.2) is 42.6 Å². The molecule has 1 aromatic carbocycles. The van der Waals surface area contributed by atoms with E-state index < -0.39 is 23.2 Å². The molecular formula is C37H43F2N7O3. The molecular weight excluding hydrogens is 628 g/mol. The summed E-state index contributed by atoms with van der Waals surface area (Å²) in [4.78, 5) is 46.5. The molecule has 5 aliphatic rings. The Labute approximate surface area is 284 Å². The van der Waals surface area contributed by atoms with Gasteiger partial charge in [-0.25, -0.2) is 8.78 Å². The van der Waals surface area contributed by atoms with Gasteiger partial charge in [-0.2, -0.15) is 5.10 Å². The Hall–Kier alpha value is -4.19. The molecule has 8 rings (SSSR count). The predicted molar refractivity (Wildman–Crippen MR) is 180 cm³/mol. The zero-order chi connectivity index (χ0) is 33.9. The minimum Gasteiger partial charge on any atom is -0.372 e. The fraction of sp³-hybridized carbons (Fsp3) is 0.541. The molecule has 10 nitrogen and oxygen atoms in total. The third kappa shape index (κ3) is 5.91. The molecule has 258 valence electrons. The van der Waals surface area contributed by atoms with E-state index in [0.29, 0.717) is 41.6 Å². The van der Waals surface area contributed by atoms with Gasteiger partial charge in [-0.15, -0.1) is 0 Å². The van der Waals surface area contributed by atoms with Gasteiger partial charge in [0.25, 0.3) is 11.8 Å². The number of piperidine rings is 3. The van der Waals surface area contributed by atoms with E-state index in [9.17, 15) is 23.2 Å². The highest BCUT2D eigenvalue weighted by atomic mass is 19.3. The molecule has 0 radical (unpaired) electrons. The lowest BCUT2D eigenvalue weighted by Crippen LogP contribution is -2.41.